The third kappa shape index (κ3) is 3.81. The van der Waals surface area contributed by atoms with E-state index in [0.717, 1.165) is 0 Å². The van der Waals surface area contributed by atoms with E-state index in [4.69, 9.17) is 4.74 Å². The summed E-state index contributed by atoms with van der Waals surface area (Å²) in [7, 11) is -0.804. The van der Waals surface area contributed by atoms with Crippen LogP contribution >= 0.6 is 0 Å². The average molecular weight is 315 g/mol. The van der Waals surface area contributed by atoms with Crippen LogP contribution in [0.25, 0.3) is 0 Å². The largest absolute Gasteiger partial charge is 0.478 e. The normalized spacial score (nSPS) is 13.4. The summed E-state index contributed by atoms with van der Waals surface area (Å²) >= 11 is 0. The molecule has 1 aromatic carbocycles. The summed E-state index contributed by atoms with van der Waals surface area (Å²) < 4.78 is 31.1. The summed E-state index contributed by atoms with van der Waals surface area (Å²) in [6, 6.07) is 3.85. The van der Waals surface area contributed by atoms with Gasteiger partial charge in [-0.2, -0.15) is 4.31 Å². The Labute approximate surface area is 125 Å². The lowest BCUT2D eigenvalue weighted by Gasteiger charge is -2.24. The molecule has 1 aromatic rings. The number of sulfonamides is 1. The van der Waals surface area contributed by atoms with Crippen LogP contribution in [0.1, 0.15) is 29.8 Å². The van der Waals surface area contributed by atoms with Crippen molar-refractivity contribution in [2.24, 2.45) is 0 Å². The van der Waals surface area contributed by atoms with Crippen LogP contribution in [0.15, 0.2) is 23.1 Å². The van der Waals surface area contributed by atoms with Crippen LogP contribution in [0.2, 0.25) is 0 Å². The fourth-order valence-corrected chi connectivity index (χ4v) is 3.35. The Kier molecular flexibility index (Phi) is 5.88. The number of hydrogen-bond acceptors (Lipinski definition) is 4. The molecule has 1 N–H and O–H groups in total. The van der Waals surface area contributed by atoms with Gasteiger partial charge in [-0.1, -0.05) is 13.0 Å². The molecule has 118 valence electrons. The zero-order valence-corrected chi connectivity index (χ0v) is 13.5. The predicted octanol–water partition coefficient (Wildman–Crippen LogP) is 1.60. The molecule has 21 heavy (non-hydrogen) atoms. The highest BCUT2D eigenvalue weighted by Gasteiger charge is 2.26. The van der Waals surface area contributed by atoms with Crippen LogP contribution in [0.5, 0.6) is 0 Å². The number of rotatable bonds is 7. The van der Waals surface area contributed by atoms with Crippen LogP contribution in [0, 0.1) is 0 Å². The summed E-state index contributed by atoms with van der Waals surface area (Å²) in [6.45, 7) is 3.80. The summed E-state index contributed by atoms with van der Waals surface area (Å²) in [5.41, 5.74) is 0.625. The average Bonchev–Trinajstić information content (AvgIpc) is 2.45. The molecule has 1 unspecified atom stereocenters. The monoisotopic (exact) mass is 315 g/mol. The first kappa shape index (κ1) is 17.6. The van der Waals surface area contributed by atoms with Crippen molar-refractivity contribution >= 4 is 16.0 Å². The number of ether oxygens (including phenoxy) is 1. The first-order valence-corrected chi connectivity index (χ1v) is 8.02. The van der Waals surface area contributed by atoms with E-state index in [9.17, 15) is 18.3 Å². The van der Waals surface area contributed by atoms with E-state index in [1.165, 1.54) is 30.6 Å². The lowest BCUT2D eigenvalue weighted by molar-refractivity contribution is 0.0695. The maximum atomic E-state index is 12.5. The highest BCUT2D eigenvalue weighted by molar-refractivity contribution is 7.89. The minimum absolute atomic E-state index is 0.0198. The second-order valence-corrected chi connectivity index (χ2v) is 6.80. The Balaban J connectivity index is 3.26. The molecule has 0 radical (unpaired) electrons. The Morgan fingerprint density at radius 3 is 2.52 bits per heavy atom. The molecule has 7 heteroatoms. The molecule has 0 spiro atoms. The Morgan fingerprint density at radius 1 is 1.43 bits per heavy atom. The van der Waals surface area contributed by atoms with Gasteiger partial charge >= 0.3 is 5.97 Å². The summed E-state index contributed by atoms with van der Waals surface area (Å²) in [5.74, 6) is -1.13. The van der Waals surface area contributed by atoms with Crippen molar-refractivity contribution in [2.45, 2.75) is 31.2 Å². The molecule has 0 amide bonds. The SMILES string of the molecule is CCc1ccc(S(=O)(=O)N(C)C(C)COC)cc1C(=O)O. The lowest BCUT2D eigenvalue weighted by atomic mass is 10.1. The van der Waals surface area contributed by atoms with Crippen LogP contribution in [0.4, 0.5) is 0 Å². The molecule has 0 heterocycles. The second kappa shape index (κ2) is 7.02. The highest BCUT2D eigenvalue weighted by Crippen LogP contribution is 2.21. The maximum absolute atomic E-state index is 12.5. The molecular weight excluding hydrogens is 294 g/mol. The molecular formula is C14H21NO5S. The van der Waals surface area contributed by atoms with Gasteiger partial charge in [0, 0.05) is 20.2 Å². The van der Waals surface area contributed by atoms with Crippen molar-refractivity contribution < 1.29 is 23.1 Å². The fourth-order valence-electron chi connectivity index (χ4n) is 1.97. The summed E-state index contributed by atoms with van der Waals surface area (Å²) in [4.78, 5) is 11.2. The van der Waals surface area contributed by atoms with Gasteiger partial charge in [-0.25, -0.2) is 13.2 Å². The van der Waals surface area contributed by atoms with E-state index < -0.39 is 16.0 Å². The molecule has 1 atom stereocenters. The predicted molar refractivity (Wildman–Crippen MR) is 79.1 cm³/mol. The van der Waals surface area contributed by atoms with E-state index >= 15 is 0 Å². The van der Waals surface area contributed by atoms with Crippen molar-refractivity contribution in [3.05, 3.63) is 29.3 Å². The number of nitrogens with zero attached hydrogens (tertiary/aromatic N) is 1. The van der Waals surface area contributed by atoms with Crippen molar-refractivity contribution in [1.82, 2.24) is 4.31 Å². The molecule has 6 nitrogen and oxygen atoms in total. The molecule has 0 aliphatic rings. The van der Waals surface area contributed by atoms with Gasteiger partial charge in [0.2, 0.25) is 10.0 Å². The molecule has 0 saturated heterocycles. The minimum Gasteiger partial charge on any atom is -0.478 e. The van der Waals surface area contributed by atoms with E-state index in [2.05, 4.69) is 0 Å². The van der Waals surface area contributed by atoms with E-state index in [0.29, 0.717) is 12.0 Å². The van der Waals surface area contributed by atoms with Gasteiger partial charge in [0.15, 0.2) is 0 Å². The van der Waals surface area contributed by atoms with Crippen molar-refractivity contribution in [1.29, 1.82) is 0 Å². The lowest BCUT2D eigenvalue weighted by Crippen LogP contribution is -2.37. The minimum atomic E-state index is -3.75. The number of carbonyl (C=O) groups is 1. The van der Waals surface area contributed by atoms with Gasteiger partial charge in [0.05, 0.1) is 17.1 Å². The van der Waals surface area contributed by atoms with Gasteiger partial charge < -0.3 is 9.84 Å². The Hall–Kier alpha value is -1.44. The number of likely N-dealkylation sites (N-methyl/N-ethyl adjacent to an activating group) is 1. The standard InChI is InChI=1S/C14H21NO5S/c1-5-11-6-7-12(8-13(11)14(16)17)21(18,19)15(3)10(2)9-20-4/h6-8,10H,5,9H2,1-4H3,(H,16,17). The van der Waals surface area contributed by atoms with Crippen LogP contribution in [-0.4, -0.2) is 50.6 Å². The molecule has 1 rings (SSSR count). The maximum Gasteiger partial charge on any atom is 0.336 e. The third-order valence-electron chi connectivity index (χ3n) is 3.40. The Morgan fingerprint density at radius 2 is 2.05 bits per heavy atom. The second-order valence-electron chi connectivity index (χ2n) is 4.80. The van der Waals surface area contributed by atoms with E-state index in [-0.39, 0.29) is 23.1 Å². The van der Waals surface area contributed by atoms with Gasteiger partial charge in [-0.3, -0.25) is 0 Å². The van der Waals surface area contributed by atoms with Gasteiger partial charge in [0.1, 0.15) is 0 Å². The zero-order chi connectivity index (χ0) is 16.2. The van der Waals surface area contributed by atoms with E-state index in [1.54, 1.807) is 13.0 Å². The smallest absolute Gasteiger partial charge is 0.336 e. The summed E-state index contributed by atoms with van der Waals surface area (Å²) in [5, 5.41) is 9.19. The molecule has 0 fully saturated rings. The molecule has 0 aromatic heterocycles. The first-order valence-electron chi connectivity index (χ1n) is 6.58. The number of hydrogen-bond donors (Lipinski definition) is 1. The number of benzene rings is 1. The van der Waals surface area contributed by atoms with Crippen LogP contribution < -0.4 is 0 Å². The molecule has 0 bridgehead atoms. The molecule has 0 saturated carbocycles. The number of aryl methyl sites for hydroxylation is 1. The van der Waals surface area contributed by atoms with Crippen LogP contribution in [0.3, 0.4) is 0 Å². The van der Waals surface area contributed by atoms with E-state index in [1.807, 2.05) is 6.92 Å². The highest BCUT2D eigenvalue weighted by atomic mass is 32.2. The zero-order valence-electron chi connectivity index (χ0n) is 12.7. The van der Waals surface area contributed by atoms with Crippen molar-refractivity contribution in [2.75, 3.05) is 20.8 Å². The topological polar surface area (TPSA) is 83.9 Å². The number of carboxylic acids is 1. The summed E-state index contributed by atoms with van der Waals surface area (Å²) in [6.07, 6.45) is 0.526. The first-order chi connectivity index (χ1) is 9.75. The van der Waals surface area contributed by atoms with Crippen molar-refractivity contribution in [3.63, 3.8) is 0 Å². The van der Waals surface area contributed by atoms with Crippen molar-refractivity contribution in [3.8, 4) is 0 Å². The van der Waals surface area contributed by atoms with Crippen LogP contribution in [-0.2, 0) is 21.2 Å². The van der Waals surface area contributed by atoms with Gasteiger partial charge in [-0.05, 0) is 31.0 Å². The molecule has 0 aliphatic heterocycles. The van der Waals surface area contributed by atoms with Gasteiger partial charge in [-0.15, -0.1) is 0 Å². The third-order valence-corrected chi connectivity index (χ3v) is 5.37. The fraction of sp³-hybridized carbons (Fsp3) is 0.500. The Bertz CT molecular complexity index is 612. The quantitative estimate of drug-likeness (QED) is 0.826. The number of carboxylic acid groups (broad SMARTS) is 1. The number of aromatic carboxylic acids is 1. The number of methoxy groups -OCH3 is 1. The molecule has 0 aliphatic carbocycles. The van der Waals surface area contributed by atoms with Gasteiger partial charge in [0.25, 0.3) is 0 Å².